The zero-order valence-electron chi connectivity index (χ0n) is 11.1. The van der Waals surface area contributed by atoms with Crippen molar-refractivity contribution < 1.29 is 9.53 Å². The van der Waals surface area contributed by atoms with Crippen molar-refractivity contribution in [3.63, 3.8) is 0 Å². The molecule has 0 saturated carbocycles. The second-order valence-corrected chi connectivity index (χ2v) is 6.05. The first-order valence-corrected chi connectivity index (χ1v) is 7.18. The molecule has 0 aromatic carbocycles. The maximum Gasteiger partial charge on any atom is 0.306 e. The zero-order chi connectivity index (χ0) is 13.8. The highest BCUT2D eigenvalue weighted by Gasteiger charge is 2.19. The number of nitriles is 1. The van der Waals surface area contributed by atoms with Crippen molar-refractivity contribution in [2.45, 2.75) is 42.9 Å². The lowest BCUT2D eigenvalue weighted by Crippen LogP contribution is -2.09. The third-order valence-corrected chi connectivity index (χ3v) is 4.23. The Morgan fingerprint density at radius 1 is 1.63 bits per heavy atom. The molecule has 1 atom stereocenters. The number of hydrogen-bond donors (Lipinski definition) is 0. The Hall–Kier alpha value is -1.54. The molecule has 0 bridgehead atoms. The summed E-state index contributed by atoms with van der Waals surface area (Å²) in [5.74, 6) is -0.236. The number of methoxy groups -OCH3 is 1. The van der Waals surface area contributed by atoms with E-state index in [0.717, 1.165) is 30.0 Å². The Morgan fingerprint density at radius 2 is 2.42 bits per heavy atom. The number of fused-ring (bicyclic) bond motifs is 1. The lowest BCUT2D eigenvalue weighted by atomic mass is 10.2. The topological polar surface area (TPSA) is 63.0 Å². The molecule has 1 aliphatic rings. The van der Waals surface area contributed by atoms with E-state index in [-0.39, 0.29) is 11.2 Å². The Morgan fingerprint density at radius 3 is 3.11 bits per heavy atom. The van der Waals surface area contributed by atoms with E-state index >= 15 is 0 Å². The van der Waals surface area contributed by atoms with Gasteiger partial charge in [0.05, 0.1) is 19.1 Å². The minimum Gasteiger partial charge on any atom is -0.469 e. The van der Waals surface area contributed by atoms with Gasteiger partial charge in [0.15, 0.2) is 0 Å². The van der Waals surface area contributed by atoms with Gasteiger partial charge in [-0.1, -0.05) is 6.92 Å². The Labute approximate surface area is 117 Å². The zero-order valence-corrected chi connectivity index (χ0v) is 11.9. The van der Waals surface area contributed by atoms with Crippen LogP contribution in [0.4, 0.5) is 0 Å². The highest BCUT2D eigenvalue weighted by Crippen LogP contribution is 2.31. The van der Waals surface area contributed by atoms with Crippen LogP contribution in [-0.2, 0) is 22.4 Å². The van der Waals surface area contributed by atoms with E-state index in [1.54, 1.807) is 0 Å². The van der Waals surface area contributed by atoms with Gasteiger partial charge < -0.3 is 4.74 Å². The van der Waals surface area contributed by atoms with Crippen LogP contribution in [0.3, 0.4) is 0 Å². The average molecular weight is 276 g/mol. The van der Waals surface area contributed by atoms with Crippen molar-refractivity contribution in [3.05, 3.63) is 22.9 Å². The van der Waals surface area contributed by atoms with Gasteiger partial charge in [-0.3, -0.25) is 4.79 Å². The van der Waals surface area contributed by atoms with Gasteiger partial charge in [-0.15, -0.1) is 11.8 Å². The predicted octanol–water partition coefficient (Wildman–Crippen LogP) is 2.49. The molecular formula is C14H16N2O2S. The second kappa shape index (κ2) is 6.07. The fraction of sp³-hybridized carbons (Fsp3) is 0.500. The van der Waals surface area contributed by atoms with E-state index in [2.05, 4.69) is 15.8 Å². The van der Waals surface area contributed by atoms with Crippen molar-refractivity contribution >= 4 is 17.7 Å². The first-order valence-electron chi connectivity index (χ1n) is 6.30. The van der Waals surface area contributed by atoms with Crippen LogP contribution in [0.5, 0.6) is 0 Å². The number of aromatic nitrogens is 1. The number of nitrogens with zero attached hydrogens (tertiary/aromatic N) is 2. The van der Waals surface area contributed by atoms with Gasteiger partial charge in [-0.05, 0) is 30.9 Å². The SMILES string of the molecule is COC(=O)CC(C)Sc1nc2c(cc1C#N)CCC2. The predicted molar refractivity (Wildman–Crippen MR) is 72.9 cm³/mol. The van der Waals surface area contributed by atoms with Crippen molar-refractivity contribution in [1.82, 2.24) is 4.98 Å². The van der Waals surface area contributed by atoms with Gasteiger partial charge in [0.2, 0.25) is 0 Å². The van der Waals surface area contributed by atoms with Crippen LogP contribution in [0.1, 0.15) is 36.6 Å². The van der Waals surface area contributed by atoms with E-state index in [4.69, 9.17) is 0 Å². The molecule has 100 valence electrons. The van der Waals surface area contributed by atoms with Crippen LogP contribution >= 0.6 is 11.8 Å². The normalized spacial score (nSPS) is 14.6. The van der Waals surface area contributed by atoms with Crippen LogP contribution < -0.4 is 0 Å². The summed E-state index contributed by atoms with van der Waals surface area (Å²) in [6.45, 7) is 1.94. The van der Waals surface area contributed by atoms with E-state index in [9.17, 15) is 10.1 Å². The molecule has 1 heterocycles. The number of carbonyl (C=O) groups excluding carboxylic acids is 1. The smallest absolute Gasteiger partial charge is 0.306 e. The van der Waals surface area contributed by atoms with Crippen LogP contribution in [0.25, 0.3) is 0 Å². The molecule has 0 amide bonds. The summed E-state index contributed by atoms with van der Waals surface area (Å²) in [5, 5.41) is 9.98. The summed E-state index contributed by atoms with van der Waals surface area (Å²) in [5.41, 5.74) is 2.91. The van der Waals surface area contributed by atoms with E-state index in [0.29, 0.717) is 12.0 Å². The molecule has 0 N–H and O–H groups in total. The van der Waals surface area contributed by atoms with Gasteiger partial charge in [0.25, 0.3) is 0 Å². The number of carbonyl (C=O) groups is 1. The van der Waals surface area contributed by atoms with Crippen molar-refractivity contribution in [2.24, 2.45) is 0 Å². The summed E-state index contributed by atoms with van der Waals surface area (Å²) >= 11 is 1.47. The average Bonchev–Trinajstić information content (AvgIpc) is 2.84. The Bertz CT molecular complexity index is 537. The standard InChI is InChI=1S/C14H16N2O2S/c1-9(6-13(17)18-2)19-14-11(8-15)7-10-4-3-5-12(10)16-14/h7,9H,3-6H2,1-2H3. The number of thioether (sulfide) groups is 1. The van der Waals surface area contributed by atoms with Gasteiger partial charge in [0.1, 0.15) is 11.1 Å². The summed E-state index contributed by atoms with van der Waals surface area (Å²) < 4.78 is 4.65. The third-order valence-electron chi connectivity index (χ3n) is 3.13. The molecular weight excluding hydrogens is 260 g/mol. The molecule has 0 saturated heterocycles. The lowest BCUT2D eigenvalue weighted by molar-refractivity contribution is -0.140. The van der Waals surface area contributed by atoms with Crippen molar-refractivity contribution in [3.8, 4) is 6.07 Å². The molecule has 0 spiro atoms. The minimum atomic E-state index is -0.236. The van der Waals surface area contributed by atoms with Gasteiger partial charge in [0, 0.05) is 10.9 Å². The van der Waals surface area contributed by atoms with Crippen LogP contribution in [-0.4, -0.2) is 23.3 Å². The minimum absolute atomic E-state index is 0.0477. The quantitative estimate of drug-likeness (QED) is 0.624. The molecule has 5 heteroatoms. The molecule has 0 aliphatic heterocycles. The summed E-state index contributed by atoms with van der Waals surface area (Å²) in [4.78, 5) is 15.8. The first-order chi connectivity index (χ1) is 9.13. The van der Waals surface area contributed by atoms with Crippen LogP contribution in [0.15, 0.2) is 11.1 Å². The summed E-state index contributed by atoms with van der Waals surface area (Å²) in [6, 6.07) is 4.15. The third kappa shape index (κ3) is 3.27. The highest BCUT2D eigenvalue weighted by molar-refractivity contribution is 7.99. The van der Waals surface area contributed by atoms with Crippen LogP contribution in [0, 0.1) is 11.3 Å². The van der Waals surface area contributed by atoms with Crippen molar-refractivity contribution in [2.75, 3.05) is 7.11 Å². The number of rotatable bonds is 4. The molecule has 2 rings (SSSR count). The Balaban J connectivity index is 2.16. The molecule has 1 aromatic heterocycles. The number of pyridine rings is 1. The maximum atomic E-state index is 11.2. The fourth-order valence-corrected chi connectivity index (χ4v) is 3.17. The number of aryl methyl sites for hydroxylation is 2. The van der Waals surface area contributed by atoms with E-state index in [1.165, 1.54) is 24.4 Å². The monoisotopic (exact) mass is 276 g/mol. The largest absolute Gasteiger partial charge is 0.469 e. The lowest BCUT2D eigenvalue weighted by Gasteiger charge is -2.11. The molecule has 1 unspecified atom stereocenters. The maximum absolute atomic E-state index is 11.2. The van der Waals surface area contributed by atoms with E-state index < -0.39 is 0 Å². The van der Waals surface area contributed by atoms with Gasteiger partial charge in [-0.2, -0.15) is 5.26 Å². The molecule has 1 aliphatic carbocycles. The molecule has 0 fully saturated rings. The summed E-state index contributed by atoms with van der Waals surface area (Å²) in [7, 11) is 1.38. The molecule has 19 heavy (non-hydrogen) atoms. The highest BCUT2D eigenvalue weighted by atomic mass is 32.2. The number of hydrogen-bond acceptors (Lipinski definition) is 5. The Kier molecular flexibility index (Phi) is 4.43. The van der Waals surface area contributed by atoms with E-state index in [1.807, 2.05) is 13.0 Å². The first kappa shape index (κ1) is 13.9. The molecule has 1 aromatic rings. The molecule has 4 nitrogen and oxygen atoms in total. The summed E-state index contributed by atoms with van der Waals surface area (Å²) in [6.07, 6.45) is 3.43. The number of esters is 1. The molecule has 0 radical (unpaired) electrons. The van der Waals surface area contributed by atoms with Crippen LogP contribution in [0.2, 0.25) is 0 Å². The second-order valence-electron chi connectivity index (χ2n) is 4.62. The van der Waals surface area contributed by atoms with Crippen molar-refractivity contribution in [1.29, 1.82) is 5.26 Å². The fourth-order valence-electron chi connectivity index (χ4n) is 2.17. The number of ether oxygens (including phenoxy) is 1. The van der Waals surface area contributed by atoms with Gasteiger partial charge >= 0.3 is 5.97 Å². The van der Waals surface area contributed by atoms with Gasteiger partial charge in [-0.25, -0.2) is 4.98 Å².